The molecule has 0 aliphatic heterocycles. The van der Waals surface area contributed by atoms with Gasteiger partial charge in [-0.1, -0.05) is 12.8 Å². The number of nitrogens with one attached hydrogen (secondary N) is 1. The molecule has 0 radical (unpaired) electrons. The number of carboxylic acids is 1. The summed E-state index contributed by atoms with van der Waals surface area (Å²) in [6.07, 6.45) is 2.82. The number of aliphatic carboxylic acids is 1. The van der Waals surface area contributed by atoms with E-state index in [-0.39, 0.29) is 11.7 Å². The largest absolute Gasteiger partial charge is 0.481 e. The fourth-order valence-corrected chi connectivity index (χ4v) is 3.75. The molecule has 126 valence electrons. The summed E-state index contributed by atoms with van der Waals surface area (Å²) in [5, 5.41) is 14.2. The fraction of sp³-hybridized carbons (Fsp3) is 0.353. The fourth-order valence-electron chi connectivity index (χ4n) is 3.02. The van der Waals surface area contributed by atoms with E-state index < -0.39 is 17.8 Å². The molecule has 7 heteroatoms. The van der Waals surface area contributed by atoms with Crippen molar-refractivity contribution in [2.24, 2.45) is 11.8 Å². The minimum Gasteiger partial charge on any atom is -0.481 e. The lowest BCUT2D eigenvalue weighted by molar-refractivity contribution is -0.147. The zero-order chi connectivity index (χ0) is 17.1. The normalized spacial score (nSPS) is 20.5. The quantitative estimate of drug-likeness (QED) is 0.881. The number of anilines is 1. The van der Waals surface area contributed by atoms with Crippen molar-refractivity contribution in [2.45, 2.75) is 25.7 Å². The highest BCUT2D eigenvalue weighted by atomic mass is 32.1. The number of hydrogen-bond acceptors (Lipinski definition) is 4. The van der Waals surface area contributed by atoms with Crippen LogP contribution >= 0.6 is 11.3 Å². The zero-order valence-corrected chi connectivity index (χ0v) is 13.7. The van der Waals surface area contributed by atoms with Crippen LogP contribution in [0.4, 0.5) is 9.52 Å². The van der Waals surface area contributed by atoms with Crippen LogP contribution in [0.2, 0.25) is 0 Å². The second kappa shape index (κ2) is 7.09. The molecule has 2 atom stereocenters. The van der Waals surface area contributed by atoms with Gasteiger partial charge in [0.25, 0.3) is 0 Å². The van der Waals surface area contributed by atoms with Crippen molar-refractivity contribution in [1.82, 2.24) is 4.98 Å². The molecule has 2 unspecified atom stereocenters. The first-order valence-corrected chi connectivity index (χ1v) is 8.67. The Morgan fingerprint density at radius 3 is 2.50 bits per heavy atom. The predicted octanol–water partition coefficient (Wildman–Crippen LogP) is 3.78. The Hall–Kier alpha value is -2.28. The number of carboxylic acid groups (broad SMARTS) is 1. The smallest absolute Gasteiger partial charge is 0.307 e. The van der Waals surface area contributed by atoms with Crippen LogP contribution < -0.4 is 5.32 Å². The van der Waals surface area contributed by atoms with Crippen LogP contribution in [-0.4, -0.2) is 22.0 Å². The van der Waals surface area contributed by atoms with Gasteiger partial charge >= 0.3 is 5.97 Å². The monoisotopic (exact) mass is 348 g/mol. The van der Waals surface area contributed by atoms with Crippen LogP contribution in [0.15, 0.2) is 29.6 Å². The summed E-state index contributed by atoms with van der Waals surface area (Å²) in [5.41, 5.74) is 1.41. The number of halogens is 1. The van der Waals surface area contributed by atoms with Gasteiger partial charge < -0.3 is 10.4 Å². The van der Waals surface area contributed by atoms with Crippen LogP contribution in [0.25, 0.3) is 11.3 Å². The molecule has 0 saturated heterocycles. The van der Waals surface area contributed by atoms with E-state index in [1.807, 2.05) is 0 Å². The Kier molecular flexibility index (Phi) is 4.89. The van der Waals surface area contributed by atoms with Gasteiger partial charge in [0.15, 0.2) is 5.13 Å². The van der Waals surface area contributed by atoms with Gasteiger partial charge in [0.1, 0.15) is 5.82 Å². The number of benzene rings is 1. The SMILES string of the molecule is O=C(O)C1CCCCC1C(=O)Nc1nc(-c2ccc(F)cc2)cs1. The lowest BCUT2D eigenvalue weighted by Crippen LogP contribution is -2.36. The number of hydrogen-bond donors (Lipinski definition) is 2. The summed E-state index contributed by atoms with van der Waals surface area (Å²) in [4.78, 5) is 28.1. The van der Waals surface area contributed by atoms with Gasteiger partial charge in [-0.15, -0.1) is 11.3 Å². The minimum atomic E-state index is -0.916. The Labute approximate surface area is 142 Å². The second-order valence-electron chi connectivity index (χ2n) is 5.87. The number of thiazole rings is 1. The molecule has 5 nitrogen and oxygen atoms in total. The van der Waals surface area contributed by atoms with Crippen LogP contribution in [0.1, 0.15) is 25.7 Å². The lowest BCUT2D eigenvalue weighted by Gasteiger charge is -2.26. The molecular weight excluding hydrogens is 331 g/mol. The molecular formula is C17H17FN2O3S. The molecule has 2 N–H and O–H groups in total. The van der Waals surface area contributed by atoms with Crippen LogP contribution in [0, 0.1) is 17.7 Å². The van der Waals surface area contributed by atoms with Crippen molar-refractivity contribution in [3.05, 3.63) is 35.5 Å². The third kappa shape index (κ3) is 3.62. The average Bonchev–Trinajstić information content (AvgIpc) is 3.04. The third-order valence-electron chi connectivity index (χ3n) is 4.29. The maximum absolute atomic E-state index is 13.0. The first-order valence-electron chi connectivity index (χ1n) is 7.80. The summed E-state index contributed by atoms with van der Waals surface area (Å²) < 4.78 is 13.0. The molecule has 2 aromatic rings. The third-order valence-corrected chi connectivity index (χ3v) is 5.05. The topological polar surface area (TPSA) is 79.3 Å². The Bertz CT molecular complexity index is 745. The Balaban J connectivity index is 1.70. The number of amides is 1. The number of nitrogens with zero attached hydrogens (tertiary/aromatic N) is 1. The highest BCUT2D eigenvalue weighted by Crippen LogP contribution is 2.32. The lowest BCUT2D eigenvalue weighted by atomic mass is 9.79. The Morgan fingerprint density at radius 1 is 1.17 bits per heavy atom. The number of carbonyl (C=O) groups is 2. The molecule has 1 heterocycles. The molecule has 0 spiro atoms. The summed E-state index contributed by atoms with van der Waals surface area (Å²) >= 11 is 1.27. The van der Waals surface area contributed by atoms with E-state index in [1.54, 1.807) is 17.5 Å². The molecule has 1 fully saturated rings. The van der Waals surface area contributed by atoms with Gasteiger partial charge in [-0.25, -0.2) is 9.37 Å². The summed E-state index contributed by atoms with van der Waals surface area (Å²) in [7, 11) is 0. The summed E-state index contributed by atoms with van der Waals surface area (Å²) in [5.74, 6) is -2.67. The van der Waals surface area contributed by atoms with E-state index in [0.717, 1.165) is 18.4 Å². The molecule has 1 aromatic heterocycles. The molecule has 24 heavy (non-hydrogen) atoms. The number of aromatic nitrogens is 1. The van der Waals surface area contributed by atoms with Gasteiger partial charge in [0.2, 0.25) is 5.91 Å². The predicted molar refractivity (Wildman–Crippen MR) is 89.2 cm³/mol. The standard InChI is InChI=1S/C17H17FN2O3S/c18-11-7-5-10(6-8-11)14-9-24-17(19-14)20-15(21)12-3-1-2-4-13(12)16(22)23/h5-9,12-13H,1-4H2,(H,22,23)(H,19,20,21). The maximum Gasteiger partial charge on any atom is 0.307 e. The van der Waals surface area contributed by atoms with Gasteiger partial charge in [0, 0.05) is 10.9 Å². The zero-order valence-electron chi connectivity index (χ0n) is 12.9. The highest BCUT2D eigenvalue weighted by Gasteiger charge is 2.35. The molecule has 1 aliphatic rings. The molecule has 1 aliphatic carbocycles. The molecule has 3 rings (SSSR count). The molecule has 0 bridgehead atoms. The van der Waals surface area contributed by atoms with E-state index >= 15 is 0 Å². The van der Waals surface area contributed by atoms with Gasteiger partial charge in [-0.3, -0.25) is 9.59 Å². The van der Waals surface area contributed by atoms with E-state index in [2.05, 4.69) is 10.3 Å². The van der Waals surface area contributed by atoms with Gasteiger partial charge in [-0.05, 0) is 37.1 Å². The van der Waals surface area contributed by atoms with E-state index in [1.165, 1.54) is 23.5 Å². The van der Waals surface area contributed by atoms with Gasteiger partial charge in [0.05, 0.1) is 17.5 Å². The van der Waals surface area contributed by atoms with Crippen LogP contribution in [0.5, 0.6) is 0 Å². The second-order valence-corrected chi connectivity index (χ2v) is 6.73. The average molecular weight is 348 g/mol. The molecule has 1 saturated carbocycles. The van der Waals surface area contributed by atoms with Crippen molar-refractivity contribution in [3.63, 3.8) is 0 Å². The summed E-state index contributed by atoms with van der Waals surface area (Å²) in [6.45, 7) is 0. The van der Waals surface area contributed by atoms with Crippen molar-refractivity contribution in [2.75, 3.05) is 5.32 Å². The van der Waals surface area contributed by atoms with E-state index in [9.17, 15) is 19.1 Å². The van der Waals surface area contributed by atoms with Crippen LogP contribution in [0.3, 0.4) is 0 Å². The van der Waals surface area contributed by atoms with E-state index in [0.29, 0.717) is 23.7 Å². The first kappa shape index (κ1) is 16.6. The minimum absolute atomic E-state index is 0.290. The summed E-state index contributed by atoms with van der Waals surface area (Å²) in [6, 6.07) is 5.95. The Morgan fingerprint density at radius 2 is 1.83 bits per heavy atom. The van der Waals surface area contributed by atoms with Crippen molar-refractivity contribution >= 4 is 28.3 Å². The van der Waals surface area contributed by atoms with Gasteiger partial charge in [-0.2, -0.15) is 0 Å². The number of rotatable bonds is 4. The molecule has 1 aromatic carbocycles. The van der Waals surface area contributed by atoms with Crippen LogP contribution in [-0.2, 0) is 9.59 Å². The molecule has 1 amide bonds. The maximum atomic E-state index is 13.0. The highest BCUT2D eigenvalue weighted by molar-refractivity contribution is 7.14. The van der Waals surface area contributed by atoms with Crippen molar-refractivity contribution in [1.29, 1.82) is 0 Å². The van der Waals surface area contributed by atoms with Crippen molar-refractivity contribution in [3.8, 4) is 11.3 Å². The first-order chi connectivity index (χ1) is 11.5. The van der Waals surface area contributed by atoms with Crippen molar-refractivity contribution < 1.29 is 19.1 Å². The number of carbonyl (C=O) groups excluding carboxylic acids is 1. The van der Waals surface area contributed by atoms with E-state index in [4.69, 9.17) is 0 Å².